The number of hydrogen-bond donors (Lipinski definition) is 1. The number of aliphatic hydroxyl groups is 1. The second-order valence-electron chi connectivity index (χ2n) is 5.06. The average molecular weight is 237 g/mol. The van der Waals surface area contributed by atoms with Crippen molar-refractivity contribution in [1.29, 1.82) is 0 Å². The van der Waals surface area contributed by atoms with Gasteiger partial charge in [-0.1, -0.05) is 0 Å². The van der Waals surface area contributed by atoms with Gasteiger partial charge in [0.2, 0.25) is 0 Å². The Morgan fingerprint density at radius 1 is 1.47 bits per heavy atom. The van der Waals surface area contributed by atoms with E-state index in [1.807, 2.05) is 17.8 Å². The molecule has 4 heteroatoms. The first-order chi connectivity index (χ1) is 8.19. The van der Waals surface area contributed by atoms with Gasteiger partial charge < -0.3 is 5.11 Å². The van der Waals surface area contributed by atoms with Gasteiger partial charge in [-0.25, -0.2) is 0 Å². The largest absolute Gasteiger partial charge is 0.393 e. The molecule has 1 aliphatic heterocycles. The molecule has 0 aromatic carbocycles. The monoisotopic (exact) mass is 237 g/mol. The van der Waals surface area contributed by atoms with Gasteiger partial charge in [-0.15, -0.1) is 0 Å². The van der Waals surface area contributed by atoms with Gasteiger partial charge in [0.15, 0.2) is 0 Å². The molecule has 2 rings (SSSR count). The van der Waals surface area contributed by atoms with Crippen molar-refractivity contribution in [3.8, 4) is 0 Å². The number of hydrogen-bond acceptors (Lipinski definition) is 3. The van der Waals surface area contributed by atoms with Crippen LogP contribution in [-0.4, -0.2) is 39.0 Å². The molecule has 0 unspecified atom stereocenters. The Bertz CT molecular complexity index is 340. The first kappa shape index (κ1) is 12.6. The van der Waals surface area contributed by atoms with E-state index < -0.39 is 0 Å². The van der Waals surface area contributed by atoms with E-state index in [1.165, 1.54) is 5.56 Å². The molecule has 96 valence electrons. The van der Waals surface area contributed by atoms with E-state index >= 15 is 0 Å². The van der Waals surface area contributed by atoms with Gasteiger partial charge in [0.25, 0.3) is 0 Å². The van der Waals surface area contributed by atoms with Crippen molar-refractivity contribution in [1.82, 2.24) is 14.7 Å². The normalized spacial score (nSPS) is 20.6. The molecule has 2 heterocycles. The third-order valence-electron chi connectivity index (χ3n) is 3.73. The molecule has 1 saturated heterocycles. The first-order valence-electron chi connectivity index (χ1n) is 6.60. The van der Waals surface area contributed by atoms with E-state index in [1.54, 1.807) is 0 Å². The van der Waals surface area contributed by atoms with E-state index in [9.17, 15) is 5.11 Å². The summed E-state index contributed by atoms with van der Waals surface area (Å²) < 4.78 is 1.97. The second kappa shape index (κ2) is 5.65. The Labute approximate surface area is 103 Å². The predicted molar refractivity (Wildman–Crippen MR) is 67.6 cm³/mol. The number of aliphatic hydroxyl groups excluding tert-OH is 1. The topological polar surface area (TPSA) is 41.3 Å². The Morgan fingerprint density at radius 3 is 2.71 bits per heavy atom. The van der Waals surface area contributed by atoms with Gasteiger partial charge in [0, 0.05) is 24.8 Å². The second-order valence-corrected chi connectivity index (χ2v) is 5.06. The van der Waals surface area contributed by atoms with Crippen LogP contribution in [-0.2, 0) is 13.1 Å². The molecule has 0 amide bonds. The average Bonchev–Trinajstić information content (AvgIpc) is 2.77. The lowest BCUT2D eigenvalue weighted by molar-refractivity contribution is 0.0695. The summed E-state index contributed by atoms with van der Waals surface area (Å²) in [6.45, 7) is 8.12. The smallest absolute Gasteiger partial charge is 0.0541 e. The summed E-state index contributed by atoms with van der Waals surface area (Å²) in [5.74, 6) is 0.490. The molecule has 1 N–H and O–H groups in total. The highest BCUT2D eigenvalue weighted by atomic mass is 16.3. The predicted octanol–water partition coefficient (Wildman–Crippen LogP) is 1.50. The number of nitrogens with zero attached hydrogens (tertiary/aromatic N) is 3. The molecule has 1 fully saturated rings. The lowest BCUT2D eigenvalue weighted by Gasteiger charge is -2.32. The van der Waals surface area contributed by atoms with E-state index in [2.05, 4.69) is 23.1 Å². The van der Waals surface area contributed by atoms with Crippen LogP contribution < -0.4 is 0 Å². The zero-order valence-corrected chi connectivity index (χ0v) is 10.8. The molecule has 0 saturated carbocycles. The van der Waals surface area contributed by atoms with Crippen LogP contribution >= 0.6 is 0 Å². The highest BCUT2D eigenvalue weighted by Crippen LogP contribution is 2.21. The van der Waals surface area contributed by atoms with Crippen molar-refractivity contribution in [3.05, 3.63) is 18.0 Å². The van der Waals surface area contributed by atoms with Gasteiger partial charge in [-0.2, -0.15) is 5.10 Å². The minimum atomic E-state index is -0.153. The number of aromatic nitrogens is 2. The number of aryl methyl sites for hydroxylation is 1. The summed E-state index contributed by atoms with van der Waals surface area (Å²) in [6, 6.07) is 0. The summed E-state index contributed by atoms with van der Waals surface area (Å²) in [5, 5.41) is 13.8. The zero-order chi connectivity index (χ0) is 12.3. The first-order valence-corrected chi connectivity index (χ1v) is 6.60. The highest BCUT2D eigenvalue weighted by molar-refractivity contribution is 5.03. The molecule has 1 aliphatic rings. The Kier molecular flexibility index (Phi) is 4.18. The number of piperidine rings is 1. The maximum atomic E-state index is 9.56. The van der Waals surface area contributed by atoms with Crippen LogP contribution in [0.3, 0.4) is 0 Å². The molecule has 0 spiro atoms. The highest BCUT2D eigenvalue weighted by Gasteiger charge is 2.22. The minimum Gasteiger partial charge on any atom is -0.393 e. The lowest BCUT2D eigenvalue weighted by Crippen LogP contribution is -2.36. The molecule has 4 nitrogen and oxygen atoms in total. The van der Waals surface area contributed by atoms with Gasteiger partial charge in [0.1, 0.15) is 0 Å². The van der Waals surface area contributed by atoms with Crippen molar-refractivity contribution in [2.45, 2.75) is 45.9 Å². The van der Waals surface area contributed by atoms with Gasteiger partial charge >= 0.3 is 0 Å². The summed E-state index contributed by atoms with van der Waals surface area (Å²) in [4.78, 5) is 2.45. The third kappa shape index (κ3) is 3.30. The van der Waals surface area contributed by atoms with E-state index in [4.69, 9.17) is 0 Å². The van der Waals surface area contributed by atoms with Gasteiger partial charge in [0.05, 0.1) is 12.3 Å². The van der Waals surface area contributed by atoms with E-state index in [0.29, 0.717) is 5.92 Å². The third-order valence-corrected chi connectivity index (χ3v) is 3.73. The van der Waals surface area contributed by atoms with Crippen LogP contribution in [0, 0.1) is 5.92 Å². The van der Waals surface area contributed by atoms with Crippen LogP contribution in [0.4, 0.5) is 0 Å². The quantitative estimate of drug-likeness (QED) is 0.862. The van der Waals surface area contributed by atoms with Crippen molar-refractivity contribution >= 4 is 0 Å². The van der Waals surface area contributed by atoms with Crippen LogP contribution in [0.1, 0.15) is 32.3 Å². The molecular weight excluding hydrogens is 214 g/mol. The van der Waals surface area contributed by atoms with Gasteiger partial charge in [-0.05, 0) is 45.7 Å². The van der Waals surface area contributed by atoms with Crippen molar-refractivity contribution in [3.63, 3.8) is 0 Å². The lowest BCUT2D eigenvalue weighted by atomic mass is 9.92. The summed E-state index contributed by atoms with van der Waals surface area (Å²) >= 11 is 0. The molecule has 1 aromatic heterocycles. The van der Waals surface area contributed by atoms with Crippen molar-refractivity contribution in [2.24, 2.45) is 5.92 Å². The molecular formula is C13H23N3O. The summed E-state index contributed by atoms with van der Waals surface area (Å²) in [6.07, 6.45) is 6.16. The Morgan fingerprint density at radius 2 is 2.18 bits per heavy atom. The molecule has 0 aliphatic carbocycles. The molecule has 17 heavy (non-hydrogen) atoms. The number of rotatable bonds is 4. The Hall–Kier alpha value is -0.870. The van der Waals surface area contributed by atoms with Crippen LogP contribution in [0.5, 0.6) is 0 Å². The fourth-order valence-corrected chi connectivity index (χ4v) is 2.51. The molecule has 0 radical (unpaired) electrons. The van der Waals surface area contributed by atoms with Crippen LogP contribution in [0.2, 0.25) is 0 Å². The standard InChI is InChI=1S/C13H23N3O/c1-3-16-10-12(8-14-16)9-15-6-4-13(5-7-15)11(2)17/h8,10-11,13,17H,3-7,9H2,1-2H3/t11-/m1/s1. The van der Waals surface area contributed by atoms with Gasteiger partial charge in [-0.3, -0.25) is 9.58 Å². The molecule has 1 aromatic rings. The summed E-state index contributed by atoms with van der Waals surface area (Å²) in [7, 11) is 0. The zero-order valence-electron chi connectivity index (χ0n) is 10.8. The maximum Gasteiger partial charge on any atom is 0.0541 e. The van der Waals surface area contributed by atoms with E-state index in [-0.39, 0.29) is 6.10 Å². The fourth-order valence-electron chi connectivity index (χ4n) is 2.51. The number of likely N-dealkylation sites (tertiary alicyclic amines) is 1. The minimum absolute atomic E-state index is 0.153. The Balaban J connectivity index is 1.81. The fraction of sp³-hybridized carbons (Fsp3) is 0.769. The van der Waals surface area contributed by atoms with Crippen LogP contribution in [0.25, 0.3) is 0 Å². The van der Waals surface area contributed by atoms with Crippen LogP contribution in [0.15, 0.2) is 12.4 Å². The SMILES string of the molecule is CCn1cc(CN2CCC([C@@H](C)O)CC2)cn1. The molecule has 0 bridgehead atoms. The van der Waals surface area contributed by atoms with Crippen molar-refractivity contribution in [2.75, 3.05) is 13.1 Å². The molecule has 1 atom stereocenters. The summed E-state index contributed by atoms with van der Waals surface area (Å²) in [5.41, 5.74) is 1.29. The van der Waals surface area contributed by atoms with E-state index in [0.717, 1.165) is 39.0 Å². The maximum absolute atomic E-state index is 9.56. The van der Waals surface area contributed by atoms with Crippen molar-refractivity contribution < 1.29 is 5.11 Å².